The van der Waals surface area contributed by atoms with Crippen molar-refractivity contribution in [3.05, 3.63) is 0 Å². The second-order valence-electron chi connectivity index (χ2n) is 2.60. The summed E-state index contributed by atoms with van der Waals surface area (Å²) in [5.74, 6) is -1.23. The molecule has 0 aromatic heterocycles. The van der Waals surface area contributed by atoms with Gasteiger partial charge >= 0.3 is 11.4 Å². The van der Waals surface area contributed by atoms with E-state index in [9.17, 15) is 13.6 Å². The number of halogens is 7. The lowest BCUT2D eigenvalue weighted by atomic mass is 10.2. The van der Waals surface area contributed by atoms with Crippen LogP contribution in [0.3, 0.4) is 0 Å². The molecule has 1 unspecified atom stereocenters. The van der Waals surface area contributed by atoms with Gasteiger partial charge in [0.2, 0.25) is 0 Å². The van der Waals surface area contributed by atoms with Gasteiger partial charge in [-0.2, -0.15) is 8.78 Å². The monoisotopic (exact) mass is 323 g/mol. The van der Waals surface area contributed by atoms with Crippen LogP contribution < -0.4 is 12.4 Å². The van der Waals surface area contributed by atoms with Crippen LogP contribution in [0.15, 0.2) is 0 Å². The molecule has 0 aromatic rings. The van der Waals surface area contributed by atoms with Crippen molar-refractivity contribution in [3.8, 4) is 0 Å². The van der Waals surface area contributed by atoms with E-state index in [1.54, 1.807) is 0 Å². The highest BCUT2D eigenvalue weighted by molar-refractivity contribution is 6.53. The summed E-state index contributed by atoms with van der Waals surface area (Å²) in [6.07, 6.45) is -1.14. The van der Waals surface area contributed by atoms with Crippen LogP contribution in [0, 0.1) is 0 Å². The van der Waals surface area contributed by atoms with E-state index in [-0.39, 0.29) is 12.4 Å². The molecule has 0 amide bonds. The Bertz CT molecular complexity index is 218. The highest BCUT2D eigenvalue weighted by Gasteiger charge is 2.51. The van der Waals surface area contributed by atoms with Gasteiger partial charge in [0, 0.05) is 11.8 Å². The van der Waals surface area contributed by atoms with Gasteiger partial charge in [0.15, 0.2) is 4.33 Å². The number of rotatable bonds is 5. The van der Waals surface area contributed by atoms with Crippen LogP contribution in [0.25, 0.3) is 0 Å². The highest BCUT2D eigenvalue weighted by Crippen LogP contribution is 2.45. The Kier molecular flexibility index (Phi) is 7.87. The number of hydrogen-bond donors (Lipinski definition) is 1. The van der Waals surface area contributed by atoms with Crippen LogP contribution in [0.5, 0.6) is 0 Å². The molecule has 92 valence electrons. The summed E-state index contributed by atoms with van der Waals surface area (Å²) < 4.78 is 22.4. The van der Waals surface area contributed by atoms with Crippen molar-refractivity contribution in [3.63, 3.8) is 0 Å². The van der Waals surface area contributed by atoms with E-state index in [2.05, 4.69) is 11.6 Å². The predicted molar refractivity (Wildman–Crippen MR) is 51.7 cm³/mol. The van der Waals surface area contributed by atoms with Gasteiger partial charge in [-0.3, -0.25) is 4.79 Å². The Morgan fingerprint density at radius 1 is 1.33 bits per heavy atom. The molecular formula is C6H6Cl5F2O2-. The van der Waals surface area contributed by atoms with Gasteiger partial charge in [-0.05, 0) is 11.6 Å². The maximum Gasteiger partial charge on any atom is 0.354 e. The summed E-state index contributed by atoms with van der Waals surface area (Å²) in [6.45, 7) is 0. The fraction of sp³-hybridized carbons (Fsp3) is 0.833. The van der Waals surface area contributed by atoms with Crippen LogP contribution >= 0.6 is 46.4 Å². The molecule has 0 fully saturated rings. The highest BCUT2D eigenvalue weighted by atomic mass is 35.5. The minimum Gasteiger partial charge on any atom is -1.00 e. The third-order valence-electron chi connectivity index (χ3n) is 1.29. The Morgan fingerprint density at radius 2 is 1.73 bits per heavy atom. The minimum atomic E-state index is -3.86. The molecule has 0 bridgehead atoms. The van der Waals surface area contributed by atoms with Crippen molar-refractivity contribution in [2.45, 2.75) is 27.9 Å². The average molecular weight is 325 g/mol. The first kappa shape index (κ1) is 18.2. The number of carboxylic acids is 1. The largest absolute Gasteiger partial charge is 1.00 e. The first-order chi connectivity index (χ1) is 6.06. The summed E-state index contributed by atoms with van der Waals surface area (Å²) in [5, 5.41) is 3.33. The fourth-order valence-electron chi connectivity index (χ4n) is 0.656. The number of carboxylic acid groups (broad SMARTS) is 1. The zero-order chi connectivity index (χ0) is 11.6. The molecule has 1 atom stereocenters. The smallest absolute Gasteiger partial charge is 0.354 e. The van der Waals surface area contributed by atoms with Crippen molar-refractivity contribution in [1.29, 1.82) is 0 Å². The molecule has 0 saturated carbocycles. The molecule has 0 aliphatic heterocycles. The molecule has 0 heterocycles. The molecule has 0 aliphatic rings. The van der Waals surface area contributed by atoms with Crippen LogP contribution in [0.1, 0.15) is 12.8 Å². The summed E-state index contributed by atoms with van der Waals surface area (Å²) in [6, 6.07) is 0. The second-order valence-corrected chi connectivity index (χ2v) is 5.18. The quantitative estimate of drug-likeness (QED) is 0.746. The van der Waals surface area contributed by atoms with Gasteiger partial charge in [0.25, 0.3) is 0 Å². The topological polar surface area (TPSA) is 37.3 Å². The minimum absolute atomic E-state index is 0. The lowest BCUT2D eigenvalue weighted by Crippen LogP contribution is -3.00. The zero-order valence-corrected chi connectivity index (χ0v) is 10.8. The molecule has 0 aliphatic carbocycles. The normalized spacial score (nSPS) is 14.3. The molecular weight excluding hydrogens is 319 g/mol. The summed E-state index contributed by atoms with van der Waals surface area (Å²) >= 11 is 20.4. The Labute approximate surface area is 111 Å². The van der Waals surface area contributed by atoms with Crippen LogP contribution in [-0.2, 0) is 4.79 Å². The third-order valence-corrected chi connectivity index (χ3v) is 2.90. The number of alkyl halides is 6. The Morgan fingerprint density at radius 3 is 2.00 bits per heavy atom. The van der Waals surface area contributed by atoms with Gasteiger partial charge in [0.1, 0.15) is 0 Å². The Balaban J connectivity index is 0. The van der Waals surface area contributed by atoms with E-state index in [0.29, 0.717) is 0 Å². The lowest BCUT2D eigenvalue weighted by Gasteiger charge is -2.25. The maximum atomic E-state index is 12.5. The van der Waals surface area contributed by atoms with Crippen molar-refractivity contribution in [1.82, 2.24) is 0 Å². The zero-order valence-electron chi connectivity index (χ0n) is 6.99. The van der Waals surface area contributed by atoms with E-state index < -0.39 is 33.9 Å². The number of aliphatic carboxylic acids is 1. The molecule has 0 saturated heterocycles. The van der Waals surface area contributed by atoms with E-state index in [1.807, 2.05) is 0 Å². The van der Waals surface area contributed by atoms with Crippen LogP contribution in [0.2, 0.25) is 0 Å². The van der Waals surface area contributed by atoms with Gasteiger partial charge in [-0.25, -0.2) is 0 Å². The number of carbonyl (C=O) groups is 1. The summed E-state index contributed by atoms with van der Waals surface area (Å²) in [5.41, 5.74) is 0. The lowest BCUT2D eigenvalue weighted by molar-refractivity contribution is -0.137. The van der Waals surface area contributed by atoms with E-state index in [4.69, 9.17) is 39.9 Å². The summed E-state index contributed by atoms with van der Waals surface area (Å²) in [4.78, 5) is 10.2. The van der Waals surface area contributed by atoms with Gasteiger partial charge in [0.05, 0.1) is 6.42 Å². The second kappa shape index (κ2) is 6.50. The Hall–Kier alpha value is 0.780. The van der Waals surface area contributed by atoms with Crippen LogP contribution in [-0.4, -0.2) is 26.2 Å². The van der Waals surface area contributed by atoms with E-state index in [0.717, 1.165) is 0 Å². The molecule has 2 nitrogen and oxygen atoms in total. The van der Waals surface area contributed by atoms with Gasteiger partial charge < -0.3 is 17.5 Å². The SMILES string of the molecule is O=C(O)CC(Cl)CC(Cl)(Cl)C(F)(F)Cl.[Cl-]. The van der Waals surface area contributed by atoms with E-state index >= 15 is 0 Å². The third kappa shape index (κ3) is 6.84. The molecule has 0 aromatic carbocycles. The molecule has 0 rings (SSSR count). The first-order valence-electron chi connectivity index (χ1n) is 3.36. The van der Waals surface area contributed by atoms with Gasteiger partial charge in [-0.15, -0.1) is 11.6 Å². The molecule has 9 heteroatoms. The van der Waals surface area contributed by atoms with Crippen molar-refractivity contribution in [2.75, 3.05) is 0 Å². The van der Waals surface area contributed by atoms with Gasteiger partial charge in [-0.1, -0.05) is 23.2 Å². The van der Waals surface area contributed by atoms with Crippen molar-refractivity contribution >= 4 is 52.4 Å². The maximum absolute atomic E-state index is 12.5. The fourth-order valence-corrected chi connectivity index (χ4v) is 1.63. The number of hydrogen-bond acceptors (Lipinski definition) is 1. The average Bonchev–Trinajstić information content (AvgIpc) is 1.79. The van der Waals surface area contributed by atoms with E-state index in [1.165, 1.54) is 0 Å². The van der Waals surface area contributed by atoms with Crippen molar-refractivity contribution in [2.24, 2.45) is 0 Å². The predicted octanol–water partition coefficient (Wildman–Crippen LogP) is 0.468. The molecule has 1 N–H and O–H groups in total. The van der Waals surface area contributed by atoms with Crippen LogP contribution in [0.4, 0.5) is 8.78 Å². The molecule has 0 spiro atoms. The molecule has 15 heavy (non-hydrogen) atoms. The van der Waals surface area contributed by atoms with Crippen molar-refractivity contribution < 1.29 is 31.1 Å². The first-order valence-corrected chi connectivity index (χ1v) is 4.93. The standard InChI is InChI=1S/C6H6Cl4F2O2.ClH/c7-3(1-4(13)14)2-5(8,9)6(10,11)12;/h3H,1-2H2,(H,13,14);1H/p-1. The summed E-state index contributed by atoms with van der Waals surface area (Å²) in [7, 11) is 0. The molecule has 0 radical (unpaired) electrons.